The Morgan fingerprint density at radius 3 is 2.43 bits per heavy atom. The van der Waals surface area contributed by atoms with E-state index in [4.69, 9.17) is 9.57 Å². The lowest BCUT2D eigenvalue weighted by Crippen LogP contribution is -2.20. The monoisotopic (exact) mass is 310 g/mol. The molecule has 2 aromatic carbocycles. The average Bonchev–Trinajstić information content (AvgIpc) is 3.03. The van der Waals surface area contributed by atoms with Crippen LogP contribution in [0.15, 0.2) is 53.7 Å². The zero-order valence-electron chi connectivity index (χ0n) is 13.1. The van der Waals surface area contributed by atoms with E-state index in [2.05, 4.69) is 10.5 Å². The van der Waals surface area contributed by atoms with Gasteiger partial charge in [0.2, 0.25) is 0 Å². The van der Waals surface area contributed by atoms with Crippen LogP contribution in [0.3, 0.4) is 0 Å². The van der Waals surface area contributed by atoms with Crippen molar-refractivity contribution in [1.29, 1.82) is 0 Å². The Bertz CT molecular complexity index is 713. The van der Waals surface area contributed by atoms with E-state index >= 15 is 0 Å². The van der Waals surface area contributed by atoms with Crippen LogP contribution in [0.4, 0.5) is 5.69 Å². The van der Waals surface area contributed by atoms with Crippen molar-refractivity contribution in [2.75, 3.05) is 12.4 Å². The van der Waals surface area contributed by atoms with Crippen LogP contribution >= 0.6 is 0 Å². The van der Waals surface area contributed by atoms with Crippen LogP contribution in [-0.4, -0.2) is 19.2 Å². The van der Waals surface area contributed by atoms with Crippen LogP contribution in [0.5, 0.6) is 5.75 Å². The molecule has 1 N–H and O–H groups in total. The van der Waals surface area contributed by atoms with Gasteiger partial charge in [0.05, 0.1) is 7.11 Å². The van der Waals surface area contributed by atoms with E-state index in [0.717, 1.165) is 23.4 Å². The molecule has 0 spiro atoms. The molecule has 0 bridgehead atoms. The van der Waals surface area contributed by atoms with Gasteiger partial charge in [-0.15, -0.1) is 0 Å². The van der Waals surface area contributed by atoms with Crippen molar-refractivity contribution in [2.24, 2.45) is 5.16 Å². The summed E-state index contributed by atoms with van der Waals surface area (Å²) in [7, 11) is 1.59. The number of anilines is 1. The van der Waals surface area contributed by atoms with Gasteiger partial charge in [-0.1, -0.05) is 17.3 Å². The summed E-state index contributed by atoms with van der Waals surface area (Å²) < 4.78 is 5.08. The Morgan fingerprint density at radius 2 is 1.87 bits per heavy atom. The number of methoxy groups -OCH3 is 1. The van der Waals surface area contributed by atoms with Crippen molar-refractivity contribution >= 4 is 17.8 Å². The largest absolute Gasteiger partial charge is 0.497 e. The Kier molecular flexibility index (Phi) is 4.02. The van der Waals surface area contributed by atoms with Crippen molar-refractivity contribution in [1.82, 2.24) is 0 Å². The molecule has 1 unspecified atom stereocenters. The Labute approximate surface area is 134 Å². The first-order valence-corrected chi connectivity index (χ1v) is 7.37. The number of hydrogen-bond donors (Lipinski definition) is 1. The number of nitrogens with one attached hydrogen (secondary N) is 1. The maximum atomic E-state index is 12.2. The van der Waals surface area contributed by atoms with Crippen LogP contribution in [0.2, 0.25) is 0 Å². The summed E-state index contributed by atoms with van der Waals surface area (Å²) in [5.74, 6) is 0.560. The minimum atomic E-state index is -0.418. The summed E-state index contributed by atoms with van der Waals surface area (Å²) in [5.41, 5.74) is 1.92. The van der Waals surface area contributed by atoms with Gasteiger partial charge in [-0.25, -0.2) is 0 Å². The van der Waals surface area contributed by atoms with E-state index in [-0.39, 0.29) is 5.91 Å². The molecule has 2 aromatic rings. The lowest BCUT2D eigenvalue weighted by Gasteiger charge is -2.21. The molecular weight excluding hydrogens is 292 g/mol. The van der Waals surface area contributed by atoms with Gasteiger partial charge in [0.15, 0.2) is 5.60 Å². The van der Waals surface area contributed by atoms with E-state index in [9.17, 15) is 4.79 Å². The molecule has 1 aliphatic rings. The van der Waals surface area contributed by atoms with Crippen molar-refractivity contribution < 1.29 is 14.4 Å². The van der Waals surface area contributed by atoms with Crippen molar-refractivity contribution in [3.63, 3.8) is 0 Å². The second-order valence-corrected chi connectivity index (χ2v) is 5.57. The highest BCUT2D eigenvalue weighted by molar-refractivity contribution is 6.04. The van der Waals surface area contributed by atoms with Crippen molar-refractivity contribution in [3.8, 4) is 5.75 Å². The molecule has 23 heavy (non-hydrogen) atoms. The fourth-order valence-electron chi connectivity index (χ4n) is 2.42. The lowest BCUT2D eigenvalue weighted by atomic mass is 9.93. The van der Waals surface area contributed by atoms with Crippen LogP contribution in [-0.2, 0) is 10.4 Å². The maximum Gasteiger partial charge on any atom is 0.255 e. The van der Waals surface area contributed by atoms with E-state index in [0.29, 0.717) is 5.56 Å². The Morgan fingerprint density at radius 1 is 1.17 bits per heavy atom. The van der Waals surface area contributed by atoms with E-state index in [1.54, 1.807) is 37.6 Å². The van der Waals surface area contributed by atoms with Gasteiger partial charge in [0.25, 0.3) is 5.91 Å². The van der Waals surface area contributed by atoms with Gasteiger partial charge in [0, 0.05) is 23.9 Å². The molecule has 0 aliphatic carbocycles. The van der Waals surface area contributed by atoms with Gasteiger partial charge in [-0.3, -0.25) is 4.79 Å². The highest BCUT2D eigenvalue weighted by atomic mass is 16.7. The average molecular weight is 310 g/mol. The number of ether oxygens (including phenoxy) is 1. The fourth-order valence-corrected chi connectivity index (χ4v) is 2.42. The van der Waals surface area contributed by atoms with Crippen LogP contribution < -0.4 is 10.1 Å². The third-order valence-corrected chi connectivity index (χ3v) is 3.92. The molecule has 1 amide bonds. The number of oxime groups is 1. The van der Waals surface area contributed by atoms with Crippen molar-refractivity contribution in [2.45, 2.75) is 18.9 Å². The molecule has 0 aromatic heterocycles. The summed E-state index contributed by atoms with van der Waals surface area (Å²) in [6.07, 6.45) is 2.50. The summed E-state index contributed by atoms with van der Waals surface area (Å²) in [6, 6.07) is 14.6. The smallest absolute Gasteiger partial charge is 0.255 e. The highest BCUT2D eigenvalue weighted by Gasteiger charge is 2.31. The predicted octanol–water partition coefficient (Wildman–Crippen LogP) is 3.57. The number of rotatable bonds is 4. The van der Waals surface area contributed by atoms with Gasteiger partial charge in [0.1, 0.15) is 5.75 Å². The molecule has 0 fully saturated rings. The number of hydrogen-bond acceptors (Lipinski definition) is 4. The maximum absolute atomic E-state index is 12.2. The molecule has 118 valence electrons. The first kappa shape index (κ1) is 15.1. The fraction of sp³-hybridized carbons (Fsp3) is 0.222. The standard InChI is InChI=1S/C18H18N2O3/c1-18(11-12-19-23-18)14-5-7-15(8-6-14)20-17(21)13-3-9-16(22-2)10-4-13/h3-10,12H,11H2,1-2H3,(H,20,21). The zero-order valence-corrected chi connectivity index (χ0v) is 13.1. The number of nitrogens with zero attached hydrogens (tertiary/aromatic N) is 1. The van der Waals surface area contributed by atoms with Gasteiger partial charge >= 0.3 is 0 Å². The second kappa shape index (κ2) is 6.12. The van der Waals surface area contributed by atoms with E-state index in [1.165, 1.54) is 0 Å². The molecule has 0 saturated carbocycles. The molecule has 5 heteroatoms. The SMILES string of the molecule is COc1ccc(C(=O)Nc2ccc(C3(C)CC=NO3)cc2)cc1. The topological polar surface area (TPSA) is 59.9 Å². The van der Waals surface area contributed by atoms with Crippen molar-refractivity contribution in [3.05, 3.63) is 59.7 Å². The summed E-state index contributed by atoms with van der Waals surface area (Å²) >= 11 is 0. The van der Waals surface area contributed by atoms with E-state index in [1.807, 2.05) is 31.2 Å². The van der Waals surface area contributed by atoms with E-state index < -0.39 is 5.60 Å². The number of carbonyl (C=O) groups is 1. The highest BCUT2D eigenvalue weighted by Crippen LogP contribution is 2.32. The minimum absolute atomic E-state index is 0.160. The summed E-state index contributed by atoms with van der Waals surface area (Å²) in [4.78, 5) is 17.6. The molecule has 5 nitrogen and oxygen atoms in total. The van der Waals surface area contributed by atoms with Gasteiger partial charge < -0.3 is 14.9 Å². The Balaban J connectivity index is 1.69. The minimum Gasteiger partial charge on any atom is -0.497 e. The molecule has 3 rings (SSSR count). The first-order valence-electron chi connectivity index (χ1n) is 7.37. The van der Waals surface area contributed by atoms with Crippen LogP contribution in [0.1, 0.15) is 29.3 Å². The van der Waals surface area contributed by atoms with Gasteiger partial charge in [-0.2, -0.15) is 0 Å². The normalized spacial score (nSPS) is 19.2. The molecule has 0 radical (unpaired) electrons. The molecule has 1 heterocycles. The van der Waals surface area contributed by atoms with Crippen LogP contribution in [0, 0.1) is 0 Å². The van der Waals surface area contributed by atoms with Gasteiger partial charge in [-0.05, 0) is 48.9 Å². The lowest BCUT2D eigenvalue weighted by molar-refractivity contribution is -0.00736. The zero-order chi connectivity index (χ0) is 16.3. The third kappa shape index (κ3) is 3.18. The summed E-state index contributed by atoms with van der Waals surface area (Å²) in [5, 5.41) is 6.71. The number of benzene rings is 2. The first-order chi connectivity index (χ1) is 11.1. The van der Waals surface area contributed by atoms with Crippen LogP contribution in [0.25, 0.3) is 0 Å². The molecule has 1 atom stereocenters. The summed E-state index contributed by atoms with van der Waals surface area (Å²) in [6.45, 7) is 1.99. The molecule has 0 saturated heterocycles. The quantitative estimate of drug-likeness (QED) is 0.939. The molecular formula is C18H18N2O3. The Hall–Kier alpha value is -2.82. The number of carbonyl (C=O) groups excluding carboxylic acids is 1. The molecule has 1 aliphatic heterocycles. The third-order valence-electron chi connectivity index (χ3n) is 3.92. The number of amides is 1. The second-order valence-electron chi connectivity index (χ2n) is 5.57. The predicted molar refractivity (Wildman–Crippen MR) is 88.9 cm³/mol.